The van der Waals surface area contributed by atoms with Crippen molar-refractivity contribution in [3.63, 3.8) is 0 Å². The molecule has 5 heteroatoms. The van der Waals surface area contributed by atoms with Gasteiger partial charge in [-0.2, -0.15) is 13.2 Å². The predicted molar refractivity (Wildman–Crippen MR) is 58.5 cm³/mol. The molecule has 0 aliphatic carbocycles. The number of halogens is 3. The van der Waals surface area contributed by atoms with E-state index in [0.717, 1.165) is 5.56 Å². The molecule has 0 saturated heterocycles. The molecule has 1 unspecified atom stereocenters. The number of hydrogen-bond acceptors (Lipinski definition) is 1. The highest BCUT2D eigenvalue weighted by Gasteiger charge is 2.31. The summed E-state index contributed by atoms with van der Waals surface area (Å²) in [5, 5.41) is 2.28. The fourth-order valence-electron chi connectivity index (χ4n) is 1.41. The highest BCUT2D eigenvalue weighted by Crippen LogP contribution is 2.19. The van der Waals surface area contributed by atoms with E-state index in [1.807, 2.05) is 37.3 Å². The van der Waals surface area contributed by atoms with Gasteiger partial charge in [-0.1, -0.05) is 37.3 Å². The van der Waals surface area contributed by atoms with Crippen LogP contribution in [0.4, 0.5) is 13.2 Å². The molecule has 0 aliphatic heterocycles. The Kier molecular flexibility index (Phi) is 4.54. The van der Waals surface area contributed by atoms with Crippen LogP contribution in [-0.2, 0) is 4.79 Å². The van der Waals surface area contributed by atoms with Gasteiger partial charge in [-0.05, 0) is 11.5 Å². The smallest absolute Gasteiger partial charge is 0.355 e. The highest BCUT2D eigenvalue weighted by atomic mass is 19.4. The first kappa shape index (κ1) is 13.5. The highest BCUT2D eigenvalue weighted by molar-refractivity contribution is 5.76. The summed E-state index contributed by atoms with van der Waals surface area (Å²) in [6.07, 6.45) is -5.87. The second-order valence-corrected chi connectivity index (χ2v) is 3.91. The standard InChI is InChI=1S/C12H14F3NO/c1-9(10-5-3-2-4-6-10)8-16-11(17)7-12(13,14)15/h2-6,9H,7-8H2,1H3,(H,16,17). The Balaban J connectivity index is 2.39. The van der Waals surface area contributed by atoms with Gasteiger partial charge < -0.3 is 5.32 Å². The molecule has 1 amide bonds. The molecule has 0 saturated carbocycles. The molecule has 0 aromatic heterocycles. The fourth-order valence-corrected chi connectivity index (χ4v) is 1.41. The maximum atomic E-state index is 11.9. The molecule has 94 valence electrons. The van der Waals surface area contributed by atoms with Crippen LogP contribution in [0, 0.1) is 0 Å². The molecule has 1 atom stereocenters. The van der Waals surface area contributed by atoms with Crippen molar-refractivity contribution >= 4 is 5.91 Å². The minimum Gasteiger partial charge on any atom is -0.355 e. The lowest BCUT2D eigenvalue weighted by Gasteiger charge is -2.13. The van der Waals surface area contributed by atoms with Crippen molar-refractivity contribution in [1.82, 2.24) is 5.32 Å². The summed E-state index contributed by atoms with van der Waals surface area (Å²) in [4.78, 5) is 11.0. The van der Waals surface area contributed by atoms with Gasteiger partial charge in [0.15, 0.2) is 0 Å². The average Bonchev–Trinajstić information content (AvgIpc) is 2.25. The number of alkyl halides is 3. The number of benzene rings is 1. The van der Waals surface area contributed by atoms with Crippen LogP contribution in [-0.4, -0.2) is 18.6 Å². The lowest BCUT2D eigenvalue weighted by Crippen LogP contribution is -2.31. The van der Waals surface area contributed by atoms with Gasteiger partial charge in [-0.15, -0.1) is 0 Å². The normalized spacial score (nSPS) is 13.2. The molecule has 1 N–H and O–H groups in total. The minimum atomic E-state index is -4.44. The Hall–Kier alpha value is -1.52. The van der Waals surface area contributed by atoms with Crippen LogP contribution in [0.2, 0.25) is 0 Å². The van der Waals surface area contributed by atoms with Crippen molar-refractivity contribution in [2.45, 2.75) is 25.4 Å². The fraction of sp³-hybridized carbons (Fsp3) is 0.417. The van der Waals surface area contributed by atoms with Crippen molar-refractivity contribution in [3.8, 4) is 0 Å². The summed E-state index contributed by atoms with van der Waals surface area (Å²) in [5.74, 6) is -0.992. The molecular weight excluding hydrogens is 231 g/mol. The summed E-state index contributed by atoms with van der Waals surface area (Å²) >= 11 is 0. The van der Waals surface area contributed by atoms with E-state index in [9.17, 15) is 18.0 Å². The third-order valence-corrected chi connectivity index (χ3v) is 2.34. The molecule has 0 radical (unpaired) electrons. The zero-order valence-corrected chi connectivity index (χ0v) is 9.42. The van der Waals surface area contributed by atoms with Gasteiger partial charge in [0.25, 0.3) is 0 Å². The topological polar surface area (TPSA) is 29.1 Å². The first-order valence-corrected chi connectivity index (χ1v) is 5.27. The number of carbonyl (C=O) groups is 1. The molecule has 1 rings (SSSR count). The first-order valence-electron chi connectivity index (χ1n) is 5.27. The second kappa shape index (κ2) is 5.70. The van der Waals surface area contributed by atoms with E-state index in [-0.39, 0.29) is 12.5 Å². The van der Waals surface area contributed by atoms with Crippen molar-refractivity contribution < 1.29 is 18.0 Å². The number of carbonyl (C=O) groups excluding carboxylic acids is 1. The summed E-state index contributed by atoms with van der Waals surface area (Å²) in [6, 6.07) is 9.31. The Morgan fingerprint density at radius 3 is 2.41 bits per heavy atom. The zero-order valence-electron chi connectivity index (χ0n) is 9.42. The van der Waals surface area contributed by atoms with Gasteiger partial charge in [-0.3, -0.25) is 4.79 Å². The Labute approximate surface area is 97.8 Å². The minimum absolute atomic E-state index is 0.00613. The number of rotatable bonds is 4. The Morgan fingerprint density at radius 2 is 1.88 bits per heavy atom. The van der Waals surface area contributed by atoms with Crippen LogP contribution in [0.3, 0.4) is 0 Å². The second-order valence-electron chi connectivity index (χ2n) is 3.91. The van der Waals surface area contributed by atoms with Gasteiger partial charge in [0, 0.05) is 6.54 Å². The van der Waals surface area contributed by atoms with E-state index >= 15 is 0 Å². The maximum absolute atomic E-state index is 11.9. The van der Waals surface area contributed by atoms with Gasteiger partial charge in [0.2, 0.25) is 5.91 Å². The lowest BCUT2D eigenvalue weighted by atomic mass is 10.0. The monoisotopic (exact) mass is 245 g/mol. The largest absolute Gasteiger partial charge is 0.397 e. The van der Waals surface area contributed by atoms with Crippen LogP contribution in [0.25, 0.3) is 0 Å². The average molecular weight is 245 g/mol. The quantitative estimate of drug-likeness (QED) is 0.868. The summed E-state index contributed by atoms with van der Waals surface area (Å²) < 4.78 is 35.7. The van der Waals surface area contributed by atoms with Gasteiger partial charge in [0.1, 0.15) is 6.42 Å². The maximum Gasteiger partial charge on any atom is 0.397 e. The Morgan fingerprint density at radius 1 is 1.29 bits per heavy atom. The molecule has 1 aromatic carbocycles. The van der Waals surface area contributed by atoms with Crippen molar-refractivity contribution in [2.75, 3.05) is 6.54 Å². The molecule has 2 nitrogen and oxygen atoms in total. The number of nitrogens with one attached hydrogen (secondary N) is 1. The van der Waals surface area contributed by atoms with E-state index in [4.69, 9.17) is 0 Å². The number of hydrogen-bond donors (Lipinski definition) is 1. The molecule has 0 bridgehead atoms. The van der Waals surface area contributed by atoms with Crippen LogP contribution in [0.1, 0.15) is 24.8 Å². The predicted octanol–water partition coefficient (Wildman–Crippen LogP) is 2.86. The van der Waals surface area contributed by atoms with E-state index in [1.165, 1.54) is 0 Å². The van der Waals surface area contributed by atoms with E-state index < -0.39 is 18.5 Å². The van der Waals surface area contributed by atoms with Crippen LogP contribution < -0.4 is 5.32 Å². The van der Waals surface area contributed by atoms with Crippen LogP contribution >= 0.6 is 0 Å². The third-order valence-electron chi connectivity index (χ3n) is 2.34. The van der Waals surface area contributed by atoms with Crippen molar-refractivity contribution in [1.29, 1.82) is 0 Å². The van der Waals surface area contributed by atoms with E-state index in [1.54, 1.807) is 0 Å². The molecular formula is C12H14F3NO. The Bertz CT molecular complexity index is 362. The first-order chi connectivity index (χ1) is 7.88. The molecule has 0 aliphatic rings. The van der Waals surface area contributed by atoms with Crippen molar-refractivity contribution in [2.24, 2.45) is 0 Å². The molecule has 17 heavy (non-hydrogen) atoms. The number of amides is 1. The summed E-state index contributed by atoms with van der Waals surface area (Å²) in [6.45, 7) is 2.06. The molecule has 0 spiro atoms. The SMILES string of the molecule is CC(CNC(=O)CC(F)(F)F)c1ccccc1. The van der Waals surface area contributed by atoms with Gasteiger partial charge in [0.05, 0.1) is 0 Å². The third kappa shape index (κ3) is 5.38. The zero-order chi connectivity index (χ0) is 12.9. The summed E-state index contributed by atoms with van der Waals surface area (Å²) in [5.41, 5.74) is 0.986. The van der Waals surface area contributed by atoms with Gasteiger partial charge >= 0.3 is 6.18 Å². The van der Waals surface area contributed by atoms with Crippen molar-refractivity contribution in [3.05, 3.63) is 35.9 Å². The summed E-state index contributed by atoms with van der Waals surface area (Å²) in [7, 11) is 0. The van der Waals surface area contributed by atoms with E-state index in [0.29, 0.717) is 0 Å². The molecule has 0 fully saturated rings. The van der Waals surface area contributed by atoms with Crippen LogP contribution in [0.15, 0.2) is 30.3 Å². The van der Waals surface area contributed by atoms with E-state index in [2.05, 4.69) is 5.32 Å². The molecule has 1 aromatic rings. The lowest BCUT2D eigenvalue weighted by molar-refractivity contribution is -0.153. The van der Waals surface area contributed by atoms with Crippen LogP contribution in [0.5, 0.6) is 0 Å². The molecule has 0 heterocycles. The van der Waals surface area contributed by atoms with Gasteiger partial charge in [-0.25, -0.2) is 0 Å².